The van der Waals surface area contributed by atoms with Gasteiger partial charge < -0.3 is 0 Å². The second-order valence-corrected chi connectivity index (χ2v) is 3.00. The molecule has 2 aromatic rings. The molecule has 0 bridgehead atoms. The maximum Gasteiger partial charge on any atom is 0.0632 e. The summed E-state index contributed by atoms with van der Waals surface area (Å²) in [6.45, 7) is 3.24. The van der Waals surface area contributed by atoms with Crippen molar-refractivity contribution in [1.82, 2.24) is 0 Å². The van der Waals surface area contributed by atoms with Crippen LogP contribution in [0.15, 0.2) is 48.3 Å². The zero-order valence-electron chi connectivity index (χ0n) is 16.0. The lowest BCUT2D eigenvalue weighted by molar-refractivity contribution is 1.34. The molecule has 0 aliphatic heterocycles. The lowest BCUT2D eigenvalue weighted by atomic mass is 10.0. The van der Waals surface area contributed by atoms with Gasteiger partial charge in [-0.25, -0.2) is 0 Å². The van der Waals surface area contributed by atoms with Gasteiger partial charge in [0.15, 0.2) is 0 Å². The molecule has 0 spiro atoms. The standard InChI is InChI=1S/C14H14/c1-11-8-9-14(10-12(11)2)13-6-4-3-5-7-13/h3-10H,1-2H3/i3D,4D,5D,6D,7D,8D,9D,10D. The van der Waals surface area contributed by atoms with Crippen LogP contribution in [0.3, 0.4) is 0 Å². The third-order valence-corrected chi connectivity index (χ3v) is 2.00. The van der Waals surface area contributed by atoms with Gasteiger partial charge in [0.25, 0.3) is 0 Å². The van der Waals surface area contributed by atoms with Crippen molar-refractivity contribution in [3.05, 3.63) is 59.5 Å². The van der Waals surface area contributed by atoms with E-state index in [0.29, 0.717) is 11.1 Å². The van der Waals surface area contributed by atoms with Crippen LogP contribution in [0.2, 0.25) is 0 Å². The van der Waals surface area contributed by atoms with Gasteiger partial charge >= 0.3 is 0 Å². The van der Waals surface area contributed by atoms with E-state index in [1.165, 1.54) is 0 Å². The summed E-state index contributed by atoms with van der Waals surface area (Å²) < 4.78 is 63.1. The minimum Gasteiger partial charge on any atom is -0.0622 e. The minimum atomic E-state index is -0.522. The molecule has 0 saturated carbocycles. The smallest absolute Gasteiger partial charge is 0.0622 e. The van der Waals surface area contributed by atoms with Crippen molar-refractivity contribution in [3.63, 3.8) is 0 Å². The minimum absolute atomic E-state index is 0.0861. The van der Waals surface area contributed by atoms with E-state index in [1.54, 1.807) is 13.8 Å². The Morgan fingerprint density at radius 3 is 2.21 bits per heavy atom. The van der Waals surface area contributed by atoms with E-state index in [4.69, 9.17) is 11.0 Å². The molecule has 0 aromatic heterocycles. The largest absolute Gasteiger partial charge is 0.0632 e. The van der Waals surface area contributed by atoms with Crippen LogP contribution in [0.5, 0.6) is 0 Å². The van der Waals surface area contributed by atoms with Crippen LogP contribution in [-0.4, -0.2) is 0 Å². The van der Waals surface area contributed by atoms with Gasteiger partial charge in [0, 0.05) is 0 Å². The van der Waals surface area contributed by atoms with Gasteiger partial charge in [0.05, 0.1) is 11.0 Å². The second kappa shape index (κ2) is 3.67. The molecule has 0 N–H and O–H groups in total. The summed E-state index contributed by atoms with van der Waals surface area (Å²) in [5, 5.41) is 0. The Hall–Kier alpha value is -1.56. The van der Waals surface area contributed by atoms with Crippen LogP contribution in [0.25, 0.3) is 11.1 Å². The number of rotatable bonds is 1. The van der Waals surface area contributed by atoms with E-state index in [-0.39, 0.29) is 29.3 Å². The Labute approximate surface area is 96.5 Å². The van der Waals surface area contributed by atoms with Crippen LogP contribution in [0, 0.1) is 13.8 Å². The first-order valence-electron chi connectivity index (χ1n) is 8.25. The molecule has 0 aliphatic carbocycles. The Bertz CT molecular complexity index is 669. The van der Waals surface area contributed by atoms with E-state index in [2.05, 4.69) is 0 Å². The number of hydrogen-bond donors (Lipinski definition) is 0. The first-order chi connectivity index (χ1) is 10.1. The van der Waals surface area contributed by atoms with Gasteiger partial charge in [0.1, 0.15) is 0 Å². The summed E-state index contributed by atoms with van der Waals surface area (Å²) >= 11 is 0. The van der Waals surface area contributed by atoms with Crippen molar-refractivity contribution in [2.24, 2.45) is 0 Å². The third-order valence-electron chi connectivity index (χ3n) is 2.00. The summed E-state index contributed by atoms with van der Waals surface area (Å²) in [5.74, 6) is 0. The molecule has 2 aromatic carbocycles. The lowest BCUT2D eigenvalue weighted by Crippen LogP contribution is -1.82. The summed E-state index contributed by atoms with van der Waals surface area (Å²) in [7, 11) is 0. The van der Waals surface area contributed by atoms with Crippen molar-refractivity contribution < 1.29 is 11.0 Å². The quantitative estimate of drug-likeness (QED) is 0.638. The molecule has 0 saturated heterocycles. The average Bonchev–Trinajstić information content (AvgIpc) is 2.50. The molecule has 2 rings (SSSR count). The number of benzene rings is 2. The monoisotopic (exact) mass is 190 g/mol. The maximum absolute atomic E-state index is 8.16. The molecule has 0 heterocycles. The molecule has 0 heteroatoms. The fourth-order valence-electron chi connectivity index (χ4n) is 1.06. The van der Waals surface area contributed by atoms with Gasteiger partial charge in [0.2, 0.25) is 0 Å². The van der Waals surface area contributed by atoms with Crippen LogP contribution in [-0.2, 0) is 0 Å². The highest BCUT2D eigenvalue weighted by Crippen LogP contribution is 2.21. The highest BCUT2D eigenvalue weighted by Gasteiger charge is 1.97. The highest BCUT2D eigenvalue weighted by atomic mass is 14.0. The lowest BCUT2D eigenvalue weighted by Gasteiger charge is -2.04. The molecule has 70 valence electrons. The van der Waals surface area contributed by atoms with Crippen molar-refractivity contribution in [3.8, 4) is 11.1 Å². The van der Waals surface area contributed by atoms with E-state index >= 15 is 0 Å². The summed E-state index contributed by atoms with van der Waals surface area (Å²) in [6, 6.07) is -2.96. The van der Waals surface area contributed by atoms with Crippen LogP contribution in [0.4, 0.5) is 0 Å². The molecule has 0 unspecified atom stereocenters. The molecule has 0 radical (unpaired) electrons. The normalized spacial score (nSPS) is 18.1. The van der Waals surface area contributed by atoms with Crippen LogP contribution >= 0.6 is 0 Å². The predicted molar refractivity (Wildman–Crippen MR) is 61.4 cm³/mol. The zero-order valence-corrected chi connectivity index (χ0v) is 8.00. The topological polar surface area (TPSA) is 0 Å². The first kappa shape index (κ1) is 3.54. The molecule has 0 aliphatic rings. The van der Waals surface area contributed by atoms with E-state index in [1.807, 2.05) is 0 Å². The Morgan fingerprint density at radius 1 is 0.786 bits per heavy atom. The second-order valence-electron chi connectivity index (χ2n) is 3.00. The SMILES string of the molecule is [2H]c1c([2H])c([2H])c(-c2c([2H])c([2H])c(C)c(C)c2[2H])c([2H])c1[2H]. The van der Waals surface area contributed by atoms with Crippen molar-refractivity contribution in [1.29, 1.82) is 0 Å². The maximum atomic E-state index is 8.16. The van der Waals surface area contributed by atoms with Gasteiger partial charge in [-0.05, 0) is 36.1 Å². The fraction of sp³-hybridized carbons (Fsp3) is 0.143. The highest BCUT2D eigenvalue weighted by molar-refractivity contribution is 5.64. The van der Waals surface area contributed by atoms with Crippen molar-refractivity contribution in [2.75, 3.05) is 0 Å². The molecule has 0 nitrogen and oxygen atoms in total. The van der Waals surface area contributed by atoms with Crippen LogP contribution in [0.1, 0.15) is 22.1 Å². The predicted octanol–water partition coefficient (Wildman–Crippen LogP) is 3.97. The van der Waals surface area contributed by atoms with Crippen molar-refractivity contribution >= 4 is 0 Å². The third kappa shape index (κ3) is 1.69. The fourth-order valence-corrected chi connectivity index (χ4v) is 1.06. The van der Waals surface area contributed by atoms with E-state index in [9.17, 15) is 0 Å². The summed E-state index contributed by atoms with van der Waals surface area (Å²) in [4.78, 5) is 0. The van der Waals surface area contributed by atoms with Gasteiger partial charge in [-0.15, -0.1) is 0 Å². The van der Waals surface area contributed by atoms with Crippen LogP contribution < -0.4 is 0 Å². The Kier molecular flexibility index (Phi) is 0.928. The summed E-state index contributed by atoms with van der Waals surface area (Å²) in [5.41, 5.74) is 0.650. The molecular weight excluding hydrogens is 168 g/mol. The van der Waals surface area contributed by atoms with E-state index < -0.39 is 30.2 Å². The molecular formula is C14H14. The molecule has 0 atom stereocenters. The summed E-state index contributed by atoms with van der Waals surface area (Å²) in [6.07, 6.45) is 0. The molecule has 0 amide bonds. The first-order valence-corrected chi connectivity index (χ1v) is 4.25. The Morgan fingerprint density at radius 2 is 1.50 bits per heavy atom. The van der Waals surface area contributed by atoms with Gasteiger partial charge in [-0.2, -0.15) is 0 Å². The number of hydrogen-bond acceptors (Lipinski definition) is 0. The van der Waals surface area contributed by atoms with Gasteiger partial charge in [-0.1, -0.05) is 48.3 Å². The molecule has 0 fully saturated rings. The van der Waals surface area contributed by atoms with E-state index in [0.717, 1.165) is 0 Å². The zero-order chi connectivity index (χ0) is 16.9. The van der Waals surface area contributed by atoms with Crippen molar-refractivity contribution in [2.45, 2.75) is 13.8 Å². The average molecular weight is 190 g/mol. The molecule has 14 heavy (non-hydrogen) atoms. The Balaban J connectivity index is 3.03. The van der Waals surface area contributed by atoms with Gasteiger partial charge in [-0.3, -0.25) is 0 Å².